The molecule has 2 N–H and O–H groups in total. The molecule has 0 aromatic heterocycles. The Kier molecular flexibility index (Phi) is 6.10. The van der Waals surface area contributed by atoms with Crippen molar-refractivity contribution in [1.82, 2.24) is 4.90 Å². The molecule has 1 rings (SSSR count). The molecule has 0 aliphatic carbocycles. The first-order valence-corrected chi connectivity index (χ1v) is 5.39. The van der Waals surface area contributed by atoms with Gasteiger partial charge in [0.05, 0.1) is 0 Å². The van der Waals surface area contributed by atoms with Gasteiger partial charge in [-0.15, -0.1) is 0 Å². The van der Waals surface area contributed by atoms with Crippen molar-refractivity contribution < 1.29 is 33.0 Å². The zero-order valence-electron chi connectivity index (χ0n) is 10.1. The topological polar surface area (TPSA) is 77.8 Å². The molecule has 0 spiro atoms. The van der Waals surface area contributed by atoms with Crippen LogP contribution in [-0.2, 0) is 9.59 Å². The van der Waals surface area contributed by atoms with Crippen molar-refractivity contribution in [3.05, 3.63) is 0 Å². The average Bonchev–Trinajstić information content (AvgIpc) is 2.58. The van der Waals surface area contributed by atoms with Gasteiger partial charge in [-0.1, -0.05) is 6.92 Å². The highest BCUT2D eigenvalue weighted by molar-refractivity contribution is 5.74. The fourth-order valence-electron chi connectivity index (χ4n) is 1.84. The number of carbonyl (C=O) groups is 2. The summed E-state index contributed by atoms with van der Waals surface area (Å²) in [5.41, 5.74) is 0. The van der Waals surface area contributed by atoms with Crippen LogP contribution in [-0.4, -0.2) is 51.9 Å². The Balaban J connectivity index is 0.000000360. The molecule has 106 valence electrons. The molecule has 5 nitrogen and oxygen atoms in total. The number of hydrogen-bond acceptors (Lipinski definition) is 3. The highest BCUT2D eigenvalue weighted by Crippen LogP contribution is 2.23. The van der Waals surface area contributed by atoms with Crippen molar-refractivity contribution in [2.75, 3.05) is 6.54 Å². The van der Waals surface area contributed by atoms with E-state index in [4.69, 9.17) is 15.0 Å². The lowest BCUT2D eigenvalue weighted by Gasteiger charge is -2.23. The summed E-state index contributed by atoms with van der Waals surface area (Å²) >= 11 is 0. The molecule has 1 fully saturated rings. The third-order valence-electron chi connectivity index (χ3n) is 2.72. The second kappa shape index (κ2) is 6.58. The van der Waals surface area contributed by atoms with Gasteiger partial charge in [-0.25, -0.2) is 4.79 Å². The van der Waals surface area contributed by atoms with E-state index in [0.717, 1.165) is 19.4 Å². The van der Waals surface area contributed by atoms with E-state index in [2.05, 4.69) is 6.92 Å². The van der Waals surface area contributed by atoms with Crippen molar-refractivity contribution in [3.8, 4) is 0 Å². The molecule has 0 aromatic rings. The zero-order chi connectivity index (χ0) is 14.5. The van der Waals surface area contributed by atoms with Crippen LogP contribution in [0.15, 0.2) is 0 Å². The molecule has 0 radical (unpaired) electrons. The number of aliphatic carboxylic acids is 2. The molecule has 8 heteroatoms. The molecule has 1 aliphatic rings. The monoisotopic (exact) mass is 271 g/mol. The zero-order valence-corrected chi connectivity index (χ0v) is 10.1. The Bertz CT molecular complexity index is 306. The SMILES string of the molecule is CCN1[C@@H](C)CC[C@H]1C(=O)O.O=C(O)C(F)(F)F. The minimum Gasteiger partial charge on any atom is -0.480 e. The highest BCUT2D eigenvalue weighted by atomic mass is 19.4. The van der Waals surface area contributed by atoms with Crippen molar-refractivity contribution in [1.29, 1.82) is 0 Å². The smallest absolute Gasteiger partial charge is 0.480 e. The Morgan fingerprint density at radius 2 is 1.72 bits per heavy atom. The van der Waals surface area contributed by atoms with Crippen molar-refractivity contribution in [2.45, 2.75) is 44.9 Å². The predicted octanol–water partition coefficient (Wildman–Crippen LogP) is 1.58. The number of nitrogens with zero attached hydrogens (tertiary/aromatic N) is 1. The van der Waals surface area contributed by atoms with E-state index in [1.165, 1.54) is 0 Å². The summed E-state index contributed by atoms with van der Waals surface area (Å²) in [5.74, 6) is -3.43. The number of likely N-dealkylation sites (N-methyl/N-ethyl adjacent to an activating group) is 1. The van der Waals surface area contributed by atoms with Gasteiger partial charge >= 0.3 is 18.1 Å². The molecule has 1 aliphatic heterocycles. The van der Waals surface area contributed by atoms with E-state index in [-0.39, 0.29) is 6.04 Å². The molecule has 2 atom stereocenters. The van der Waals surface area contributed by atoms with Crippen LogP contribution in [0.2, 0.25) is 0 Å². The highest BCUT2D eigenvalue weighted by Gasteiger charge is 2.38. The summed E-state index contributed by atoms with van der Waals surface area (Å²) in [6, 6.07) is 0.219. The lowest BCUT2D eigenvalue weighted by molar-refractivity contribution is -0.192. The van der Waals surface area contributed by atoms with Gasteiger partial charge in [-0.3, -0.25) is 9.69 Å². The number of likely N-dealkylation sites (tertiary alicyclic amines) is 1. The maximum absolute atomic E-state index is 10.7. The number of carboxylic acid groups (broad SMARTS) is 2. The summed E-state index contributed by atoms with van der Waals surface area (Å²) < 4.78 is 31.7. The van der Waals surface area contributed by atoms with Crippen molar-refractivity contribution in [2.24, 2.45) is 0 Å². The maximum Gasteiger partial charge on any atom is 0.490 e. The number of rotatable bonds is 2. The second-order valence-corrected chi connectivity index (χ2v) is 3.91. The first kappa shape index (κ1) is 16.7. The molecular formula is C10H16F3NO4. The number of alkyl halides is 3. The lowest BCUT2D eigenvalue weighted by Crippen LogP contribution is -2.39. The molecule has 18 heavy (non-hydrogen) atoms. The standard InChI is InChI=1S/C8H15NO2.C2HF3O2/c1-3-9-6(2)4-5-7(9)8(10)11;3-2(4,5)1(6)7/h6-7H,3-5H2,1-2H3,(H,10,11);(H,6,7)/t6-,7-;/m0./s1. The maximum atomic E-state index is 10.7. The van der Waals surface area contributed by atoms with Crippen LogP contribution in [0.3, 0.4) is 0 Å². The van der Waals surface area contributed by atoms with Gasteiger partial charge in [0.2, 0.25) is 0 Å². The summed E-state index contributed by atoms with van der Waals surface area (Å²) in [6.07, 6.45) is -3.25. The van der Waals surface area contributed by atoms with Crippen LogP contribution in [0.5, 0.6) is 0 Å². The Hall–Kier alpha value is -1.31. The quantitative estimate of drug-likeness (QED) is 0.797. The molecule has 0 bridgehead atoms. The van der Waals surface area contributed by atoms with Gasteiger partial charge in [-0.2, -0.15) is 13.2 Å². The largest absolute Gasteiger partial charge is 0.490 e. The average molecular weight is 271 g/mol. The van der Waals surface area contributed by atoms with Crippen molar-refractivity contribution >= 4 is 11.9 Å². The van der Waals surface area contributed by atoms with E-state index in [1.807, 2.05) is 11.8 Å². The van der Waals surface area contributed by atoms with Crippen LogP contribution in [0.4, 0.5) is 13.2 Å². The molecule has 0 saturated carbocycles. The number of halogens is 3. The second-order valence-electron chi connectivity index (χ2n) is 3.91. The van der Waals surface area contributed by atoms with Crippen LogP contribution in [0.25, 0.3) is 0 Å². The van der Waals surface area contributed by atoms with Gasteiger partial charge in [-0.05, 0) is 26.3 Å². The van der Waals surface area contributed by atoms with Crippen LogP contribution < -0.4 is 0 Å². The molecule has 1 heterocycles. The first-order chi connectivity index (χ1) is 8.11. The molecule has 0 unspecified atom stereocenters. The van der Waals surface area contributed by atoms with Gasteiger partial charge in [0, 0.05) is 6.04 Å². The van der Waals surface area contributed by atoms with Gasteiger partial charge < -0.3 is 10.2 Å². The fraction of sp³-hybridized carbons (Fsp3) is 0.800. The minimum absolute atomic E-state index is 0.227. The first-order valence-electron chi connectivity index (χ1n) is 5.39. The third-order valence-corrected chi connectivity index (χ3v) is 2.72. The summed E-state index contributed by atoms with van der Waals surface area (Å²) in [5, 5.41) is 15.9. The van der Waals surface area contributed by atoms with Gasteiger partial charge in [0.25, 0.3) is 0 Å². The minimum atomic E-state index is -5.08. The van der Waals surface area contributed by atoms with Gasteiger partial charge in [0.1, 0.15) is 6.04 Å². The van der Waals surface area contributed by atoms with Crippen molar-refractivity contribution in [3.63, 3.8) is 0 Å². The number of carboxylic acids is 2. The van der Waals surface area contributed by atoms with E-state index in [9.17, 15) is 18.0 Å². The van der Waals surface area contributed by atoms with Crippen LogP contribution in [0.1, 0.15) is 26.7 Å². The van der Waals surface area contributed by atoms with Crippen LogP contribution in [0, 0.1) is 0 Å². The molecular weight excluding hydrogens is 255 g/mol. The molecule has 0 amide bonds. The third kappa shape index (κ3) is 4.91. The summed E-state index contributed by atoms with van der Waals surface area (Å²) in [7, 11) is 0. The Labute approximate surface area is 102 Å². The van der Waals surface area contributed by atoms with E-state index in [1.54, 1.807) is 0 Å². The molecule has 0 aromatic carbocycles. The fourth-order valence-corrected chi connectivity index (χ4v) is 1.84. The summed E-state index contributed by atoms with van der Waals surface area (Å²) in [4.78, 5) is 21.6. The summed E-state index contributed by atoms with van der Waals surface area (Å²) in [6.45, 7) is 4.95. The van der Waals surface area contributed by atoms with Crippen LogP contribution >= 0.6 is 0 Å². The van der Waals surface area contributed by atoms with E-state index < -0.39 is 18.1 Å². The Morgan fingerprint density at radius 3 is 1.94 bits per heavy atom. The van der Waals surface area contributed by atoms with Gasteiger partial charge in [0.15, 0.2) is 0 Å². The lowest BCUT2D eigenvalue weighted by atomic mass is 10.2. The predicted molar refractivity (Wildman–Crippen MR) is 56.2 cm³/mol. The van der Waals surface area contributed by atoms with E-state index >= 15 is 0 Å². The molecule has 1 saturated heterocycles. The normalized spacial score (nSPS) is 24.3. The Morgan fingerprint density at radius 1 is 1.28 bits per heavy atom. The number of hydrogen-bond donors (Lipinski definition) is 2. The van der Waals surface area contributed by atoms with E-state index in [0.29, 0.717) is 6.04 Å².